The van der Waals surface area contributed by atoms with Gasteiger partial charge < -0.3 is 10.1 Å². The number of rotatable bonds is 2. The first-order valence-corrected chi connectivity index (χ1v) is 5.29. The second kappa shape index (κ2) is 4.86. The summed E-state index contributed by atoms with van der Waals surface area (Å²) in [5, 5.41) is 3.44. The van der Waals surface area contributed by atoms with Crippen LogP contribution in [0.4, 0.5) is 5.69 Å². The standard InChI is InChI=1S/C13H15NO/c1-2-11-5-3-6-12(9-11)14-13-7-4-8-15-10-13/h1,3,5-6,9,13-14H,4,7-8,10H2. The van der Waals surface area contributed by atoms with Gasteiger partial charge >= 0.3 is 0 Å². The molecule has 2 nitrogen and oxygen atoms in total. The molecule has 1 atom stereocenters. The molecule has 1 aromatic rings. The van der Waals surface area contributed by atoms with Crippen LogP contribution in [0.2, 0.25) is 0 Å². The molecule has 0 amide bonds. The highest BCUT2D eigenvalue weighted by Gasteiger charge is 2.12. The maximum absolute atomic E-state index is 5.41. The van der Waals surface area contributed by atoms with E-state index in [1.807, 2.05) is 24.3 Å². The lowest BCUT2D eigenvalue weighted by atomic mass is 10.1. The Morgan fingerprint density at radius 2 is 2.40 bits per heavy atom. The number of hydrogen-bond acceptors (Lipinski definition) is 2. The van der Waals surface area contributed by atoms with Gasteiger partial charge in [0.25, 0.3) is 0 Å². The lowest BCUT2D eigenvalue weighted by molar-refractivity contribution is 0.0876. The van der Waals surface area contributed by atoms with Crippen molar-refractivity contribution in [1.29, 1.82) is 0 Å². The maximum Gasteiger partial charge on any atom is 0.0667 e. The largest absolute Gasteiger partial charge is 0.380 e. The highest BCUT2D eigenvalue weighted by molar-refractivity contribution is 5.50. The van der Waals surface area contributed by atoms with Crippen LogP contribution in [0.5, 0.6) is 0 Å². The number of anilines is 1. The monoisotopic (exact) mass is 201 g/mol. The Bertz CT molecular complexity index is 361. The van der Waals surface area contributed by atoms with Gasteiger partial charge in [0.05, 0.1) is 6.61 Å². The SMILES string of the molecule is C#Cc1cccc(NC2CCCOC2)c1. The van der Waals surface area contributed by atoms with Crippen molar-refractivity contribution in [3.05, 3.63) is 29.8 Å². The van der Waals surface area contributed by atoms with Crippen LogP contribution >= 0.6 is 0 Å². The second-order valence-electron chi connectivity index (χ2n) is 3.78. The van der Waals surface area contributed by atoms with Crippen LogP contribution in [-0.4, -0.2) is 19.3 Å². The van der Waals surface area contributed by atoms with E-state index in [2.05, 4.69) is 11.2 Å². The van der Waals surface area contributed by atoms with E-state index in [4.69, 9.17) is 11.2 Å². The van der Waals surface area contributed by atoms with Crippen molar-refractivity contribution in [1.82, 2.24) is 0 Å². The van der Waals surface area contributed by atoms with Crippen molar-refractivity contribution >= 4 is 5.69 Å². The van der Waals surface area contributed by atoms with Crippen LogP contribution < -0.4 is 5.32 Å². The zero-order chi connectivity index (χ0) is 10.5. The smallest absolute Gasteiger partial charge is 0.0667 e. The summed E-state index contributed by atoms with van der Waals surface area (Å²) in [5.74, 6) is 2.63. The van der Waals surface area contributed by atoms with Crippen LogP contribution in [0.3, 0.4) is 0 Å². The first-order valence-electron chi connectivity index (χ1n) is 5.29. The van der Waals surface area contributed by atoms with Crippen molar-refractivity contribution in [2.75, 3.05) is 18.5 Å². The topological polar surface area (TPSA) is 21.3 Å². The molecule has 2 heteroatoms. The Morgan fingerprint density at radius 1 is 1.47 bits per heavy atom. The van der Waals surface area contributed by atoms with Crippen LogP contribution in [0.1, 0.15) is 18.4 Å². The fourth-order valence-electron chi connectivity index (χ4n) is 1.79. The summed E-state index contributed by atoms with van der Waals surface area (Å²) < 4.78 is 5.41. The third-order valence-electron chi connectivity index (χ3n) is 2.56. The van der Waals surface area contributed by atoms with Crippen molar-refractivity contribution < 1.29 is 4.74 Å². The number of terminal acetylenes is 1. The van der Waals surface area contributed by atoms with Gasteiger partial charge in [0.1, 0.15) is 0 Å². The van der Waals surface area contributed by atoms with Crippen molar-refractivity contribution in [3.63, 3.8) is 0 Å². The first-order chi connectivity index (χ1) is 7.38. The molecule has 0 spiro atoms. The van der Waals surface area contributed by atoms with Gasteiger partial charge in [-0.05, 0) is 31.0 Å². The summed E-state index contributed by atoms with van der Waals surface area (Å²) >= 11 is 0. The average Bonchev–Trinajstić information content (AvgIpc) is 2.31. The molecule has 0 bridgehead atoms. The highest BCUT2D eigenvalue weighted by atomic mass is 16.5. The highest BCUT2D eigenvalue weighted by Crippen LogP contribution is 2.15. The van der Waals surface area contributed by atoms with E-state index in [0.29, 0.717) is 6.04 Å². The van der Waals surface area contributed by atoms with E-state index in [-0.39, 0.29) is 0 Å². The average molecular weight is 201 g/mol. The zero-order valence-corrected chi connectivity index (χ0v) is 8.70. The van der Waals surface area contributed by atoms with Gasteiger partial charge in [-0.15, -0.1) is 6.42 Å². The Morgan fingerprint density at radius 3 is 3.13 bits per heavy atom. The van der Waals surface area contributed by atoms with E-state index < -0.39 is 0 Å². The van der Waals surface area contributed by atoms with Crippen LogP contribution in [0.15, 0.2) is 24.3 Å². The van der Waals surface area contributed by atoms with Gasteiger partial charge in [-0.1, -0.05) is 12.0 Å². The van der Waals surface area contributed by atoms with E-state index in [9.17, 15) is 0 Å². The van der Waals surface area contributed by atoms with Crippen molar-refractivity contribution in [3.8, 4) is 12.3 Å². The normalized spacial score (nSPS) is 20.6. The van der Waals surface area contributed by atoms with E-state index in [1.165, 1.54) is 6.42 Å². The third-order valence-corrected chi connectivity index (χ3v) is 2.56. The molecule has 15 heavy (non-hydrogen) atoms. The molecule has 1 aliphatic heterocycles. The molecular formula is C13H15NO. The quantitative estimate of drug-likeness (QED) is 0.741. The molecule has 2 rings (SSSR count). The molecule has 78 valence electrons. The minimum atomic E-state index is 0.423. The zero-order valence-electron chi connectivity index (χ0n) is 8.70. The number of benzene rings is 1. The molecule has 0 aliphatic carbocycles. The van der Waals surface area contributed by atoms with Gasteiger partial charge in [-0.25, -0.2) is 0 Å². The molecule has 1 saturated heterocycles. The van der Waals surface area contributed by atoms with Crippen LogP contribution in [0.25, 0.3) is 0 Å². The summed E-state index contributed by atoms with van der Waals surface area (Å²) in [7, 11) is 0. The van der Waals surface area contributed by atoms with Gasteiger partial charge in [-0.2, -0.15) is 0 Å². The molecule has 0 aromatic heterocycles. The van der Waals surface area contributed by atoms with Crippen LogP contribution in [0, 0.1) is 12.3 Å². The lowest BCUT2D eigenvalue weighted by Crippen LogP contribution is -2.29. The molecule has 1 aliphatic rings. The number of ether oxygens (including phenoxy) is 1. The molecule has 1 N–H and O–H groups in total. The Kier molecular flexibility index (Phi) is 3.26. The summed E-state index contributed by atoms with van der Waals surface area (Å²) in [6.45, 7) is 1.68. The molecule has 1 aromatic carbocycles. The Labute approximate surface area is 90.6 Å². The maximum atomic E-state index is 5.41. The molecule has 1 fully saturated rings. The number of nitrogens with one attached hydrogen (secondary N) is 1. The van der Waals surface area contributed by atoms with Gasteiger partial charge in [0, 0.05) is 23.9 Å². The summed E-state index contributed by atoms with van der Waals surface area (Å²) in [4.78, 5) is 0. The summed E-state index contributed by atoms with van der Waals surface area (Å²) in [6, 6.07) is 8.36. The van der Waals surface area contributed by atoms with Crippen LogP contribution in [-0.2, 0) is 4.74 Å². The molecule has 0 radical (unpaired) electrons. The lowest BCUT2D eigenvalue weighted by Gasteiger charge is -2.24. The van der Waals surface area contributed by atoms with E-state index in [1.54, 1.807) is 0 Å². The predicted octanol–water partition coefficient (Wildman–Crippen LogP) is 2.26. The Hall–Kier alpha value is -1.46. The fourth-order valence-corrected chi connectivity index (χ4v) is 1.79. The van der Waals surface area contributed by atoms with Crippen molar-refractivity contribution in [2.24, 2.45) is 0 Å². The predicted molar refractivity (Wildman–Crippen MR) is 61.8 cm³/mol. The van der Waals surface area contributed by atoms with Crippen molar-refractivity contribution in [2.45, 2.75) is 18.9 Å². The molecule has 1 heterocycles. The second-order valence-corrected chi connectivity index (χ2v) is 3.78. The summed E-state index contributed by atoms with van der Waals surface area (Å²) in [6.07, 6.45) is 7.65. The summed E-state index contributed by atoms with van der Waals surface area (Å²) in [5.41, 5.74) is 2.00. The van der Waals surface area contributed by atoms with Gasteiger partial charge in [-0.3, -0.25) is 0 Å². The minimum Gasteiger partial charge on any atom is -0.380 e. The molecule has 0 saturated carbocycles. The number of hydrogen-bond donors (Lipinski definition) is 1. The molecular weight excluding hydrogens is 186 g/mol. The fraction of sp³-hybridized carbons (Fsp3) is 0.385. The first kappa shape index (κ1) is 10.1. The van der Waals surface area contributed by atoms with E-state index >= 15 is 0 Å². The van der Waals surface area contributed by atoms with Gasteiger partial charge in [0.15, 0.2) is 0 Å². The third kappa shape index (κ3) is 2.74. The van der Waals surface area contributed by atoms with E-state index in [0.717, 1.165) is 30.9 Å². The molecule has 1 unspecified atom stereocenters. The minimum absolute atomic E-state index is 0.423. The van der Waals surface area contributed by atoms with Gasteiger partial charge in [0.2, 0.25) is 0 Å². The Balaban J connectivity index is 2.00.